The number of fused-ring (bicyclic) bond motifs is 2. The Morgan fingerprint density at radius 3 is 2.30 bits per heavy atom. The predicted molar refractivity (Wildman–Crippen MR) is 94.3 cm³/mol. The SMILES string of the molecule is O=C1C(Br)=C(Nc2nc3ccccc3s2)C(=O)c2ccccc21. The molecule has 0 bridgehead atoms. The van der Waals surface area contributed by atoms with Crippen LogP contribution in [0.25, 0.3) is 10.2 Å². The number of carbonyl (C=O) groups is 2. The fraction of sp³-hybridized carbons (Fsp3) is 0. The second-order valence-corrected chi connectivity index (χ2v) is 6.83. The second kappa shape index (κ2) is 5.40. The van der Waals surface area contributed by atoms with Crippen LogP contribution < -0.4 is 5.32 Å². The maximum atomic E-state index is 12.7. The predicted octanol–water partition coefficient (Wildman–Crippen LogP) is 4.39. The maximum absolute atomic E-state index is 12.7. The highest BCUT2D eigenvalue weighted by atomic mass is 79.9. The normalized spacial score (nSPS) is 14.3. The summed E-state index contributed by atoms with van der Waals surface area (Å²) in [6.45, 7) is 0. The van der Waals surface area contributed by atoms with Crippen LogP contribution in [0.1, 0.15) is 20.7 Å². The minimum atomic E-state index is -0.216. The minimum absolute atomic E-state index is 0.205. The molecule has 1 aliphatic carbocycles. The molecule has 112 valence electrons. The molecule has 1 N–H and O–H groups in total. The quantitative estimate of drug-likeness (QED) is 0.711. The van der Waals surface area contributed by atoms with Crippen LogP contribution >= 0.6 is 27.3 Å². The van der Waals surface area contributed by atoms with E-state index in [-0.39, 0.29) is 21.7 Å². The number of benzene rings is 2. The third kappa shape index (κ3) is 2.31. The van der Waals surface area contributed by atoms with Gasteiger partial charge in [0.15, 0.2) is 5.13 Å². The van der Waals surface area contributed by atoms with Gasteiger partial charge in [0.2, 0.25) is 11.6 Å². The number of aromatic nitrogens is 1. The number of para-hydroxylation sites is 1. The molecule has 0 atom stereocenters. The molecule has 0 amide bonds. The number of Topliss-reactive ketones (excluding diaryl/α,β-unsaturated/α-hetero) is 2. The van der Waals surface area contributed by atoms with Crippen molar-refractivity contribution in [3.63, 3.8) is 0 Å². The molecule has 0 unspecified atom stereocenters. The Morgan fingerprint density at radius 1 is 0.913 bits per heavy atom. The molecule has 3 aromatic rings. The van der Waals surface area contributed by atoms with Gasteiger partial charge in [0.25, 0.3) is 0 Å². The monoisotopic (exact) mass is 384 g/mol. The summed E-state index contributed by atoms with van der Waals surface area (Å²) >= 11 is 4.69. The van der Waals surface area contributed by atoms with Gasteiger partial charge in [0, 0.05) is 11.1 Å². The van der Waals surface area contributed by atoms with E-state index in [1.165, 1.54) is 11.3 Å². The van der Waals surface area contributed by atoms with Gasteiger partial charge in [-0.2, -0.15) is 0 Å². The molecule has 1 aromatic heterocycles. The van der Waals surface area contributed by atoms with Crippen molar-refractivity contribution in [1.29, 1.82) is 0 Å². The van der Waals surface area contributed by atoms with Crippen molar-refractivity contribution in [1.82, 2.24) is 4.98 Å². The molecule has 6 heteroatoms. The number of nitrogens with zero attached hydrogens (tertiary/aromatic N) is 1. The molecule has 23 heavy (non-hydrogen) atoms. The van der Waals surface area contributed by atoms with E-state index < -0.39 is 0 Å². The first kappa shape index (κ1) is 14.3. The van der Waals surface area contributed by atoms with Crippen LogP contribution in [0.4, 0.5) is 5.13 Å². The zero-order chi connectivity index (χ0) is 16.0. The zero-order valence-corrected chi connectivity index (χ0v) is 14.1. The molecule has 1 aliphatic rings. The third-order valence-electron chi connectivity index (χ3n) is 3.59. The summed E-state index contributed by atoms with van der Waals surface area (Å²) in [5.74, 6) is -0.421. The Hall–Kier alpha value is -2.31. The molecule has 0 radical (unpaired) electrons. The molecule has 2 aromatic carbocycles. The van der Waals surface area contributed by atoms with Crippen molar-refractivity contribution >= 4 is 54.2 Å². The third-order valence-corrected chi connectivity index (χ3v) is 5.30. The van der Waals surface area contributed by atoms with Gasteiger partial charge >= 0.3 is 0 Å². The average Bonchev–Trinajstić information content (AvgIpc) is 2.99. The molecule has 0 saturated carbocycles. The first-order valence-corrected chi connectivity index (χ1v) is 8.47. The Bertz CT molecular complexity index is 974. The van der Waals surface area contributed by atoms with E-state index in [1.54, 1.807) is 24.3 Å². The lowest BCUT2D eigenvalue weighted by Gasteiger charge is -2.17. The van der Waals surface area contributed by atoms with Gasteiger partial charge in [0.1, 0.15) is 5.70 Å². The van der Waals surface area contributed by atoms with Gasteiger partial charge in [-0.3, -0.25) is 9.59 Å². The molecule has 0 spiro atoms. The van der Waals surface area contributed by atoms with Crippen LogP contribution in [-0.4, -0.2) is 16.6 Å². The zero-order valence-electron chi connectivity index (χ0n) is 11.7. The number of carbonyl (C=O) groups excluding carboxylic acids is 2. The van der Waals surface area contributed by atoms with E-state index in [9.17, 15) is 9.59 Å². The molecular weight excluding hydrogens is 376 g/mol. The molecule has 0 aliphatic heterocycles. The summed E-state index contributed by atoms with van der Waals surface area (Å²) < 4.78 is 1.25. The largest absolute Gasteiger partial charge is 0.327 e. The molecule has 0 fully saturated rings. The number of rotatable bonds is 2. The number of hydrogen-bond acceptors (Lipinski definition) is 5. The highest BCUT2D eigenvalue weighted by Gasteiger charge is 2.31. The van der Waals surface area contributed by atoms with E-state index in [1.807, 2.05) is 24.3 Å². The van der Waals surface area contributed by atoms with E-state index in [4.69, 9.17) is 0 Å². The van der Waals surface area contributed by atoms with Gasteiger partial charge in [-0.15, -0.1) is 0 Å². The number of ketones is 2. The highest BCUT2D eigenvalue weighted by molar-refractivity contribution is 9.12. The Kier molecular flexibility index (Phi) is 3.36. The van der Waals surface area contributed by atoms with Crippen LogP contribution in [0.2, 0.25) is 0 Å². The van der Waals surface area contributed by atoms with Crippen LogP contribution in [0, 0.1) is 0 Å². The van der Waals surface area contributed by atoms with E-state index in [0.717, 1.165) is 10.2 Å². The topological polar surface area (TPSA) is 59.1 Å². The lowest BCUT2D eigenvalue weighted by atomic mass is 9.93. The van der Waals surface area contributed by atoms with Crippen LogP contribution in [-0.2, 0) is 0 Å². The molecular formula is C17H9BrN2O2S. The van der Waals surface area contributed by atoms with Gasteiger partial charge in [-0.1, -0.05) is 47.7 Å². The number of halogens is 1. The first-order valence-electron chi connectivity index (χ1n) is 6.86. The van der Waals surface area contributed by atoms with Crippen LogP contribution in [0.3, 0.4) is 0 Å². The Morgan fingerprint density at radius 2 is 1.57 bits per heavy atom. The van der Waals surface area contributed by atoms with Crippen molar-refractivity contribution in [2.45, 2.75) is 0 Å². The van der Waals surface area contributed by atoms with Crippen molar-refractivity contribution in [3.8, 4) is 0 Å². The van der Waals surface area contributed by atoms with Gasteiger partial charge in [-0.05, 0) is 28.1 Å². The van der Waals surface area contributed by atoms with Gasteiger partial charge < -0.3 is 5.32 Å². The Balaban J connectivity index is 1.77. The van der Waals surface area contributed by atoms with E-state index >= 15 is 0 Å². The van der Waals surface area contributed by atoms with Crippen molar-refractivity contribution < 1.29 is 9.59 Å². The summed E-state index contributed by atoms with van der Waals surface area (Å²) in [6.07, 6.45) is 0. The molecule has 1 heterocycles. The van der Waals surface area contributed by atoms with Crippen molar-refractivity contribution in [2.75, 3.05) is 5.32 Å². The summed E-state index contributed by atoms with van der Waals surface area (Å²) in [6, 6.07) is 14.5. The fourth-order valence-electron chi connectivity index (χ4n) is 2.49. The highest BCUT2D eigenvalue weighted by Crippen LogP contribution is 2.32. The maximum Gasteiger partial charge on any atom is 0.211 e. The number of nitrogens with one attached hydrogen (secondary N) is 1. The molecule has 0 saturated heterocycles. The second-order valence-electron chi connectivity index (χ2n) is 5.00. The summed E-state index contributed by atoms with van der Waals surface area (Å²) in [5, 5.41) is 3.59. The average molecular weight is 385 g/mol. The van der Waals surface area contributed by atoms with E-state index in [0.29, 0.717) is 16.3 Å². The lowest BCUT2D eigenvalue weighted by molar-refractivity contribution is 0.0983. The number of anilines is 1. The molecule has 4 rings (SSSR count). The molecule has 4 nitrogen and oxygen atoms in total. The summed E-state index contributed by atoms with van der Waals surface area (Å²) in [5.41, 5.74) is 1.91. The first-order chi connectivity index (χ1) is 11.1. The minimum Gasteiger partial charge on any atom is -0.327 e. The smallest absolute Gasteiger partial charge is 0.211 e. The van der Waals surface area contributed by atoms with E-state index in [2.05, 4.69) is 26.2 Å². The van der Waals surface area contributed by atoms with Gasteiger partial charge in [-0.25, -0.2) is 4.98 Å². The summed E-state index contributed by atoms with van der Waals surface area (Å²) in [4.78, 5) is 29.5. The van der Waals surface area contributed by atoms with Crippen molar-refractivity contribution in [2.24, 2.45) is 0 Å². The fourth-order valence-corrected chi connectivity index (χ4v) is 3.85. The van der Waals surface area contributed by atoms with Crippen molar-refractivity contribution in [3.05, 3.63) is 69.8 Å². The number of allylic oxidation sites excluding steroid dienone is 2. The Labute approximate surface area is 144 Å². The standard InChI is InChI=1S/C17H9BrN2O2S/c18-13-14(16(22)10-6-2-1-5-9(10)15(13)21)20-17-19-11-7-3-4-8-12(11)23-17/h1-8H,(H,19,20). The van der Waals surface area contributed by atoms with Crippen LogP contribution in [0.5, 0.6) is 0 Å². The summed E-state index contributed by atoms with van der Waals surface area (Å²) in [7, 11) is 0. The van der Waals surface area contributed by atoms with Gasteiger partial charge in [0.05, 0.1) is 14.7 Å². The van der Waals surface area contributed by atoms with Crippen LogP contribution in [0.15, 0.2) is 58.7 Å². The number of hydrogen-bond donors (Lipinski definition) is 1. The lowest BCUT2D eigenvalue weighted by Crippen LogP contribution is -2.23. The number of thiazole rings is 1.